The van der Waals surface area contributed by atoms with Gasteiger partial charge >= 0.3 is 0 Å². The average Bonchev–Trinajstić information content (AvgIpc) is 2.62. The lowest BCUT2D eigenvalue weighted by Crippen LogP contribution is -2.05. The van der Waals surface area contributed by atoms with E-state index in [1.807, 2.05) is 17.7 Å². The first-order valence-electron chi connectivity index (χ1n) is 6.20. The highest BCUT2D eigenvalue weighted by molar-refractivity contribution is 5.73. The van der Waals surface area contributed by atoms with E-state index in [0.29, 0.717) is 0 Å². The van der Waals surface area contributed by atoms with Gasteiger partial charge in [0.15, 0.2) is 5.82 Å². The van der Waals surface area contributed by atoms with Gasteiger partial charge in [-0.15, -0.1) is 0 Å². The van der Waals surface area contributed by atoms with Gasteiger partial charge in [0.2, 0.25) is 0 Å². The van der Waals surface area contributed by atoms with Gasteiger partial charge in [-0.25, -0.2) is 4.68 Å². The quantitative estimate of drug-likeness (QED) is 0.872. The third-order valence-electron chi connectivity index (χ3n) is 3.33. The van der Waals surface area contributed by atoms with E-state index in [-0.39, 0.29) is 0 Å². The lowest BCUT2D eigenvalue weighted by atomic mass is 10.1. The van der Waals surface area contributed by atoms with E-state index in [1.165, 1.54) is 11.1 Å². The topological polar surface area (TPSA) is 55.9 Å². The molecule has 1 aromatic heterocycles. The molecule has 4 heteroatoms. The van der Waals surface area contributed by atoms with E-state index in [2.05, 4.69) is 43.3 Å². The molecule has 1 heterocycles. The van der Waals surface area contributed by atoms with Gasteiger partial charge in [-0.1, -0.05) is 12.1 Å². The molecule has 0 saturated heterocycles. The Morgan fingerprint density at radius 3 is 2.67 bits per heavy atom. The van der Waals surface area contributed by atoms with Crippen molar-refractivity contribution in [2.75, 3.05) is 11.1 Å². The fourth-order valence-corrected chi connectivity index (χ4v) is 1.97. The molecule has 18 heavy (non-hydrogen) atoms. The lowest BCUT2D eigenvalue weighted by molar-refractivity contribution is 0.661. The minimum absolute atomic E-state index is 0.720. The predicted molar refractivity (Wildman–Crippen MR) is 76.2 cm³/mol. The Bertz CT molecular complexity index is 569. The van der Waals surface area contributed by atoms with E-state index in [9.17, 15) is 0 Å². The molecule has 0 aliphatic rings. The predicted octanol–water partition coefficient (Wildman–Crippen LogP) is 3.15. The zero-order valence-corrected chi connectivity index (χ0v) is 11.4. The van der Waals surface area contributed by atoms with Gasteiger partial charge in [0.1, 0.15) is 0 Å². The number of anilines is 3. The number of aryl methyl sites for hydroxylation is 3. The summed E-state index contributed by atoms with van der Waals surface area (Å²) in [7, 11) is 0. The zero-order valence-electron chi connectivity index (χ0n) is 11.4. The molecule has 2 aromatic rings. The van der Waals surface area contributed by atoms with Crippen molar-refractivity contribution >= 4 is 17.2 Å². The molecule has 1 aromatic carbocycles. The van der Waals surface area contributed by atoms with Gasteiger partial charge in [-0.05, 0) is 44.9 Å². The maximum atomic E-state index is 6.07. The van der Waals surface area contributed by atoms with Crippen molar-refractivity contribution in [3.63, 3.8) is 0 Å². The van der Waals surface area contributed by atoms with Crippen LogP contribution in [0, 0.1) is 20.8 Å². The molecule has 0 saturated carbocycles. The number of hydrogen-bond donors (Lipinski definition) is 2. The maximum Gasteiger partial charge on any atom is 0.152 e. The molecule has 0 radical (unpaired) electrons. The zero-order chi connectivity index (χ0) is 13.3. The summed E-state index contributed by atoms with van der Waals surface area (Å²) in [5.41, 5.74) is 11.2. The Morgan fingerprint density at radius 1 is 1.28 bits per heavy atom. The Balaban J connectivity index is 2.43. The number of hydrogen-bond acceptors (Lipinski definition) is 3. The summed E-state index contributed by atoms with van der Waals surface area (Å²) in [6, 6.07) is 6.21. The molecule has 4 nitrogen and oxygen atoms in total. The molecule has 0 aliphatic carbocycles. The highest BCUT2D eigenvalue weighted by Gasteiger charge is 2.12. The fraction of sp³-hybridized carbons (Fsp3) is 0.357. The molecule has 0 unspecified atom stereocenters. The average molecular weight is 244 g/mol. The molecule has 0 atom stereocenters. The second-order valence-electron chi connectivity index (χ2n) is 4.54. The summed E-state index contributed by atoms with van der Waals surface area (Å²) in [5, 5.41) is 7.80. The molecule has 96 valence electrons. The van der Waals surface area contributed by atoms with Crippen LogP contribution in [0.5, 0.6) is 0 Å². The van der Waals surface area contributed by atoms with Crippen LogP contribution in [0.3, 0.4) is 0 Å². The van der Waals surface area contributed by atoms with E-state index in [0.717, 1.165) is 29.4 Å². The molecule has 0 bridgehead atoms. The number of nitrogens with zero attached hydrogens (tertiary/aromatic N) is 2. The van der Waals surface area contributed by atoms with Crippen molar-refractivity contribution in [2.24, 2.45) is 0 Å². The van der Waals surface area contributed by atoms with Gasteiger partial charge in [0.05, 0.1) is 11.4 Å². The van der Waals surface area contributed by atoms with Crippen molar-refractivity contribution in [2.45, 2.75) is 34.2 Å². The molecule has 0 spiro atoms. The third-order valence-corrected chi connectivity index (χ3v) is 3.33. The van der Waals surface area contributed by atoms with Gasteiger partial charge in [-0.2, -0.15) is 5.10 Å². The monoisotopic (exact) mass is 244 g/mol. The highest BCUT2D eigenvalue weighted by Crippen LogP contribution is 2.28. The lowest BCUT2D eigenvalue weighted by Gasteiger charge is -2.13. The van der Waals surface area contributed by atoms with Crippen LogP contribution in [0.1, 0.15) is 23.7 Å². The van der Waals surface area contributed by atoms with E-state index in [1.54, 1.807) is 0 Å². The largest absolute Gasteiger partial charge is 0.394 e. The molecular weight excluding hydrogens is 224 g/mol. The minimum atomic E-state index is 0.720. The van der Waals surface area contributed by atoms with Crippen molar-refractivity contribution in [3.8, 4) is 0 Å². The van der Waals surface area contributed by atoms with Crippen LogP contribution in [-0.4, -0.2) is 9.78 Å². The fourth-order valence-electron chi connectivity index (χ4n) is 1.97. The molecule has 3 N–H and O–H groups in total. The smallest absolute Gasteiger partial charge is 0.152 e. The van der Waals surface area contributed by atoms with E-state index in [4.69, 9.17) is 5.73 Å². The number of nitrogen functional groups attached to an aromatic ring is 1. The normalized spacial score (nSPS) is 10.7. The second-order valence-corrected chi connectivity index (χ2v) is 4.54. The minimum Gasteiger partial charge on any atom is -0.394 e. The molecule has 0 aliphatic heterocycles. The van der Waals surface area contributed by atoms with Crippen LogP contribution < -0.4 is 11.1 Å². The first-order chi connectivity index (χ1) is 8.54. The van der Waals surface area contributed by atoms with Crippen molar-refractivity contribution in [1.29, 1.82) is 0 Å². The van der Waals surface area contributed by atoms with Crippen LogP contribution in [0.15, 0.2) is 18.2 Å². The van der Waals surface area contributed by atoms with E-state index >= 15 is 0 Å². The van der Waals surface area contributed by atoms with Gasteiger partial charge in [0, 0.05) is 12.2 Å². The standard InChI is InChI=1S/C14H20N4/c1-5-18-14(13(15)11(4)17-18)16-12-8-6-7-9(2)10(12)3/h6-8,16H,5,15H2,1-4H3. The number of nitrogens with two attached hydrogens (primary N) is 1. The highest BCUT2D eigenvalue weighted by atomic mass is 15.3. The number of rotatable bonds is 3. The van der Waals surface area contributed by atoms with Crippen LogP contribution in [0.4, 0.5) is 17.2 Å². The SMILES string of the molecule is CCn1nc(C)c(N)c1Nc1cccc(C)c1C. The summed E-state index contributed by atoms with van der Waals surface area (Å²) in [6.07, 6.45) is 0. The summed E-state index contributed by atoms with van der Waals surface area (Å²) in [6.45, 7) is 8.99. The summed E-state index contributed by atoms with van der Waals surface area (Å²) < 4.78 is 1.90. The Morgan fingerprint density at radius 2 is 2.00 bits per heavy atom. The number of benzene rings is 1. The Labute approximate surface area is 108 Å². The van der Waals surface area contributed by atoms with Crippen molar-refractivity contribution in [3.05, 3.63) is 35.0 Å². The maximum absolute atomic E-state index is 6.07. The first-order valence-corrected chi connectivity index (χ1v) is 6.20. The summed E-state index contributed by atoms with van der Waals surface area (Å²) in [4.78, 5) is 0. The molecular formula is C14H20N4. The second kappa shape index (κ2) is 4.72. The number of aromatic nitrogens is 2. The van der Waals surface area contributed by atoms with Crippen LogP contribution in [0.2, 0.25) is 0 Å². The molecule has 2 rings (SSSR count). The summed E-state index contributed by atoms with van der Waals surface area (Å²) >= 11 is 0. The summed E-state index contributed by atoms with van der Waals surface area (Å²) in [5.74, 6) is 0.878. The van der Waals surface area contributed by atoms with Crippen LogP contribution >= 0.6 is 0 Å². The molecule has 0 amide bonds. The van der Waals surface area contributed by atoms with Gasteiger partial charge < -0.3 is 11.1 Å². The Hall–Kier alpha value is -1.97. The van der Waals surface area contributed by atoms with Gasteiger partial charge in [0.25, 0.3) is 0 Å². The van der Waals surface area contributed by atoms with Crippen LogP contribution in [-0.2, 0) is 6.54 Å². The van der Waals surface area contributed by atoms with Gasteiger partial charge in [-0.3, -0.25) is 0 Å². The van der Waals surface area contributed by atoms with Crippen molar-refractivity contribution < 1.29 is 0 Å². The molecule has 0 fully saturated rings. The number of nitrogens with one attached hydrogen (secondary N) is 1. The van der Waals surface area contributed by atoms with Crippen LogP contribution in [0.25, 0.3) is 0 Å². The van der Waals surface area contributed by atoms with Crippen molar-refractivity contribution in [1.82, 2.24) is 9.78 Å². The Kier molecular flexibility index (Phi) is 3.28. The first kappa shape index (κ1) is 12.5. The van der Waals surface area contributed by atoms with E-state index < -0.39 is 0 Å². The third kappa shape index (κ3) is 2.06.